The Bertz CT molecular complexity index is 389. The van der Waals surface area contributed by atoms with Gasteiger partial charge in [-0.2, -0.15) is 0 Å². The molecule has 1 aliphatic rings. The molecular weight excluding hydrogens is 220 g/mol. The zero-order valence-corrected chi connectivity index (χ0v) is 10.3. The Morgan fingerprint density at radius 3 is 2.88 bits per heavy atom. The molecule has 86 valence electrons. The summed E-state index contributed by atoms with van der Waals surface area (Å²) in [6, 6.07) is 8.19. The summed E-state index contributed by atoms with van der Waals surface area (Å²) >= 11 is 5.99. The van der Waals surface area contributed by atoms with Crippen LogP contribution < -0.4 is 0 Å². The van der Waals surface area contributed by atoms with Crippen molar-refractivity contribution in [1.82, 2.24) is 4.90 Å². The minimum atomic E-state index is 0.256. The predicted molar refractivity (Wildman–Crippen MR) is 68.2 cm³/mol. The SMILES string of the molecule is CC(c1cccc(Cl)c1)N1CCCCC1=N. The number of piperidine rings is 1. The van der Waals surface area contributed by atoms with Gasteiger partial charge in [-0.05, 0) is 37.5 Å². The van der Waals surface area contributed by atoms with Gasteiger partial charge < -0.3 is 4.90 Å². The first kappa shape index (κ1) is 11.5. The molecule has 1 saturated heterocycles. The van der Waals surface area contributed by atoms with Crippen LogP contribution >= 0.6 is 11.6 Å². The van der Waals surface area contributed by atoms with Crippen LogP contribution in [0.3, 0.4) is 0 Å². The van der Waals surface area contributed by atoms with Crippen molar-refractivity contribution in [2.75, 3.05) is 6.54 Å². The summed E-state index contributed by atoms with van der Waals surface area (Å²) in [5, 5.41) is 8.74. The average Bonchev–Trinajstić information content (AvgIpc) is 2.29. The van der Waals surface area contributed by atoms with Crippen LogP contribution in [-0.4, -0.2) is 17.3 Å². The lowest BCUT2D eigenvalue weighted by Gasteiger charge is -2.35. The highest BCUT2D eigenvalue weighted by atomic mass is 35.5. The highest BCUT2D eigenvalue weighted by molar-refractivity contribution is 6.30. The number of halogens is 1. The summed E-state index contributed by atoms with van der Waals surface area (Å²) in [4.78, 5) is 2.18. The second-order valence-corrected chi connectivity index (χ2v) is 4.76. The van der Waals surface area contributed by atoms with E-state index in [4.69, 9.17) is 17.0 Å². The second kappa shape index (κ2) is 4.88. The molecule has 2 rings (SSSR count). The topological polar surface area (TPSA) is 27.1 Å². The standard InChI is InChI=1S/C13H17ClN2/c1-10(11-5-4-6-12(14)9-11)16-8-3-2-7-13(16)15/h4-6,9-10,15H,2-3,7-8H2,1H3. The summed E-state index contributed by atoms with van der Waals surface area (Å²) in [6.45, 7) is 3.14. The second-order valence-electron chi connectivity index (χ2n) is 4.33. The minimum Gasteiger partial charge on any atom is -0.354 e. The van der Waals surface area contributed by atoms with Gasteiger partial charge in [0.2, 0.25) is 0 Å². The maximum absolute atomic E-state index is 7.97. The zero-order valence-electron chi connectivity index (χ0n) is 9.54. The molecule has 16 heavy (non-hydrogen) atoms. The van der Waals surface area contributed by atoms with Crippen LogP contribution in [0, 0.1) is 5.41 Å². The first-order chi connectivity index (χ1) is 7.68. The highest BCUT2D eigenvalue weighted by Crippen LogP contribution is 2.26. The van der Waals surface area contributed by atoms with Crippen LogP contribution in [0.25, 0.3) is 0 Å². The van der Waals surface area contributed by atoms with E-state index in [1.165, 1.54) is 12.0 Å². The van der Waals surface area contributed by atoms with Gasteiger partial charge in [0.25, 0.3) is 0 Å². The number of amidine groups is 1. The quantitative estimate of drug-likeness (QED) is 0.830. The van der Waals surface area contributed by atoms with Gasteiger partial charge >= 0.3 is 0 Å². The Labute approximate surface area is 102 Å². The van der Waals surface area contributed by atoms with Gasteiger partial charge in [-0.1, -0.05) is 23.7 Å². The molecule has 1 N–H and O–H groups in total. The number of benzene rings is 1. The van der Waals surface area contributed by atoms with E-state index in [2.05, 4.69) is 17.9 Å². The molecule has 1 unspecified atom stereocenters. The molecule has 0 spiro atoms. The molecule has 0 saturated carbocycles. The third-order valence-electron chi connectivity index (χ3n) is 3.21. The van der Waals surface area contributed by atoms with Crippen LogP contribution in [0.15, 0.2) is 24.3 Å². The number of likely N-dealkylation sites (tertiary alicyclic amines) is 1. The van der Waals surface area contributed by atoms with Crippen molar-refractivity contribution in [3.8, 4) is 0 Å². The van der Waals surface area contributed by atoms with Gasteiger partial charge in [-0.25, -0.2) is 0 Å². The van der Waals surface area contributed by atoms with E-state index >= 15 is 0 Å². The Kier molecular flexibility index (Phi) is 3.49. The lowest BCUT2D eigenvalue weighted by Crippen LogP contribution is -2.36. The van der Waals surface area contributed by atoms with Crippen molar-refractivity contribution in [3.05, 3.63) is 34.9 Å². The molecule has 0 aliphatic carbocycles. The maximum Gasteiger partial charge on any atom is 0.0962 e. The monoisotopic (exact) mass is 236 g/mol. The third-order valence-corrected chi connectivity index (χ3v) is 3.44. The molecule has 1 fully saturated rings. The summed E-state index contributed by atoms with van der Waals surface area (Å²) < 4.78 is 0. The van der Waals surface area contributed by atoms with E-state index in [-0.39, 0.29) is 6.04 Å². The first-order valence-corrected chi connectivity index (χ1v) is 6.16. The van der Waals surface area contributed by atoms with E-state index in [1.807, 2.05) is 18.2 Å². The van der Waals surface area contributed by atoms with E-state index in [0.29, 0.717) is 0 Å². The Balaban J connectivity index is 2.17. The minimum absolute atomic E-state index is 0.256. The highest BCUT2D eigenvalue weighted by Gasteiger charge is 2.21. The molecule has 1 aromatic carbocycles. The first-order valence-electron chi connectivity index (χ1n) is 5.78. The molecule has 1 atom stereocenters. The van der Waals surface area contributed by atoms with Crippen molar-refractivity contribution in [3.63, 3.8) is 0 Å². The largest absolute Gasteiger partial charge is 0.354 e. The fourth-order valence-electron chi connectivity index (χ4n) is 2.23. The molecular formula is C13H17ClN2. The lowest BCUT2D eigenvalue weighted by atomic mass is 10.0. The molecule has 0 amide bonds. The summed E-state index contributed by atoms with van der Waals surface area (Å²) in [5.41, 5.74) is 1.19. The number of hydrogen-bond donors (Lipinski definition) is 1. The van der Waals surface area contributed by atoms with Gasteiger partial charge in [0.1, 0.15) is 0 Å². The molecule has 0 bridgehead atoms. The van der Waals surface area contributed by atoms with Crippen LogP contribution in [0.5, 0.6) is 0 Å². The molecule has 1 heterocycles. The predicted octanol–water partition coefficient (Wildman–Crippen LogP) is 3.86. The normalized spacial score (nSPS) is 18.6. The number of nitrogens with one attached hydrogen (secondary N) is 1. The Morgan fingerprint density at radius 1 is 1.38 bits per heavy atom. The van der Waals surface area contributed by atoms with E-state index in [0.717, 1.165) is 30.2 Å². The molecule has 3 heteroatoms. The fourth-order valence-corrected chi connectivity index (χ4v) is 2.43. The van der Waals surface area contributed by atoms with Crippen LogP contribution in [0.1, 0.15) is 37.8 Å². The van der Waals surface area contributed by atoms with Crippen molar-refractivity contribution < 1.29 is 0 Å². The van der Waals surface area contributed by atoms with Crippen LogP contribution in [-0.2, 0) is 0 Å². The van der Waals surface area contributed by atoms with E-state index in [1.54, 1.807) is 0 Å². The van der Waals surface area contributed by atoms with Crippen LogP contribution in [0.4, 0.5) is 0 Å². The molecule has 1 aliphatic heterocycles. The summed E-state index contributed by atoms with van der Waals surface area (Å²) in [7, 11) is 0. The maximum atomic E-state index is 7.97. The molecule has 1 aromatic rings. The summed E-state index contributed by atoms with van der Waals surface area (Å²) in [5.74, 6) is 0.763. The van der Waals surface area contributed by atoms with E-state index in [9.17, 15) is 0 Å². The third kappa shape index (κ3) is 2.38. The van der Waals surface area contributed by atoms with Gasteiger partial charge in [0.05, 0.1) is 11.9 Å². The molecule has 2 nitrogen and oxygen atoms in total. The van der Waals surface area contributed by atoms with Gasteiger partial charge in [0.15, 0.2) is 0 Å². The zero-order chi connectivity index (χ0) is 11.5. The number of hydrogen-bond acceptors (Lipinski definition) is 1. The van der Waals surface area contributed by atoms with Gasteiger partial charge in [-0.15, -0.1) is 0 Å². The van der Waals surface area contributed by atoms with Gasteiger partial charge in [-0.3, -0.25) is 5.41 Å². The Morgan fingerprint density at radius 2 is 2.19 bits per heavy atom. The fraction of sp³-hybridized carbons (Fsp3) is 0.462. The molecule has 0 radical (unpaired) electrons. The Hall–Kier alpha value is -1.02. The van der Waals surface area contributed by atoms with Crippen molar-refractivity contribution in [1.29, 1.82) is 5.41 Å². The number of rotatable bonds is 2. The summed E-state index contributed by atoms with van der Waals surface area (Å²) in [6.07, 6.45) is 3.25. The van der Waals surface area contributed by atoms with Crippen molar-refractivity contribution in [2.24, 2.45) is 0 Å². The molecule has 0 aromatic heterocycles. The average molecular weight is 237 g/mol. The van der Waals surface area contributed by atoms with Crippen molar-refractivity contribution in [2.45, 2.75) is 32.2 Å². The number of nitrogens with zero attached hydrogens (tertiary/aromatic N) is 1. The smallest absolute Gasteiger partial charge is 0.0962 e. The van der Waals surface area contributed by atoms with Gasteiger partial charge in [0, 0.05) is 18.0 Å². The van der Waals surface area contributed by atoms with Crippen LogP contribution in [0.2, 0.25) is 5.02 Å². The van der Waals surface area contributed by atoms with E-state index < -0.39 is 0 Å². The lowest BCUT2D eigenvalue weighted by molar-refractivity contribution is 0.299. The van der Waals surface area contributed by atoms with Crippen molar-refractivity contribution >= 4 is 17.4 Å².